The number of carbonyl (C=O) groups is 1. The molecule has 1 fully saturated rings. The molecule has 0 aliphatic heterocycles. The molecule has 0 atom stereocenters. The van der Waals surface area contributed by atoms with Gasteiger partial charge in [0.25, 0.3) is 0 Å². The minimum absolute atomic E-state index is 0.159. The van der Waals surface area contributed by atoms with E-state index in [1.807, 2.05) is 18.2 Å². The molecule has 1 aliphatic carbocycles. The molecule has 110 valence electrons. The molecule has 3 heteroatoms. The molecule has 2 rings (SSSR count). The fraction of sp³-hybridized carbons (Fsp3) is 0.588. The highest BCUT2D eigenvalue weighted by atomic mass is 16.5. The normalized spacial score (nSPS) is 15.9. The number of ether oxygens (including phenoxy) is 2. The molecule has 0 unspecified atom stereocenters. The Morgan fingerprint density at radius 3 is 2.60 bits per heavy atom. The zero-order valence-electron chi connectivity index (χ0n) is 12.5. The highest BCUT2D eigenvalue weighted by Gasteiger charge is 2.21. The van der Waals surface area contributed by atoms with Crippen molar-refractivity contribution < 1.29 is 14.3 Å². The third-order valence-corrected chi connectivity index (χ3v) is 4.07. The molecule has 0 amide bonds. The number of ketones is 1. The predicted octanol–water partition coefficient (Wildman–Crippen LogP) is 3.79. The minimum Gasteiger partial charge on any atom is -0.493 e. The van der Waals surface area contributed by atoms with E-state index in [9.17, 15) is 4.79 Å². The van der Waals surface area contributed by atoms with Gasteiger partial charge in [-0.3, -0.25) is 4.79 Å². The van der Waals surface area contributed by atoms with Crippen LogP contribution in [0.3, 0.4) is 0 Å². The molecule has 3 nitrogen and oxygen atoms in total. The first-order valence-electron chi connectivity index (χ1n) is 7.57. The highest BCUT2D eigenvalue weighted by Crippen LogP contribution is 2.29. The molecule has 0 N–H and O–H groups in total. The van der Waals surface area contributed by atoms with Crippen molar-refractivity contribution in [1.29, 1.82) is 0 Å². The topological polar surface area (TPSA) is 35.5 Å². The average molecular weight is 276 g/mol. The first-order chi connectivity index (χ1) is 9.74. The van der Waals surface area contributed by atoms with Gasteiger partial charge in [0.1, 0.15) is 6.61 Å². The zero-order chi connectivity index (χ0) is 14.4. The molecule has 0 aromatic heterocycles. The maximum absolute atomic E-state index is 12.1. The van der Waals surface area contributed by atoms with Gasteiger partial charge in [0.05, 0.1) is 7.11 Å². The van der Waals surface area contributed by atoms with Crippen LogP contribution in [-0.4, -0.2) is 19.5 Å². The summed E-state index contributed by atoms with van der Waals surface area (Å²) in [5.74, 6) is 1.80. The predicted molar refractivity (Wildman–Crippen MR) is 79.4 cm³/mol. The first-order valence-corrected chi connectivity index (χ1v) is 7.57. The number of aryl methyl sites for hydroxylation is 1. The van der Waals surface area contributed by atoms with Gasteiger partial charge in [0.15, 0.2) is 17.3 Å². The summed E-state index contributed by atoms with van der Waals surface area (Å²) in [5.41, 5.74) is 1.20. The zero-order valence-corrected chi connectivity index (χ0v) is 12.5. The molecule has 0 heterocycles. The van der Waals surface area contributed by atoms with Crippen LogP contribution in [0.25, 0.3) is 0 Å². The number of hydrogen-bond donors (Lipinski definition) is 0. The van der Waals surface area contributed by atoms with Gasteiger partial charge in [-0.2, -0.15) is 0 Å². The van der Waals surface area contributed by atoms with Crippen LogP contribution >= 0.6 is 0 Å². The number of hydrogen-bond acceptors (Lipinski definition) is 3. The Bertz CT molecular complexity index is 448. The fourth-order valence-corrected chi connectivity index (χ4v) is 2.74. The van der Waals surface area contributed by atoms with E-state index in [0.29, 0.717) is 11.5 Å². The largest absolute Gasteiger partial charge is 0.493 e. The molecular formula is C17H24O3. The van der Waals surface area contributed by atoms with Crippen molar-refractivity contribution in [3.8, 4) is 11.5 Å². The second-order valence-corrected chi connectivity index (χ2v) is 5.43. The molecule has 0 bridgehead atoms. The summed E-state index contributed by atoms with van der Waals surface area (Å²) in [6, 6.07) is 5.88. The van der Waals surface area contributed by atoms with Crippen LogP contribution in [0.4, 0.5) is 0 Å². The number of methoxy groups -OCH3 is 1. The molecule has 20 heavy (non-hydrogen) atoms. The quantitative estimate of drug-likeness (QED) is 0.793. The summed E-state index contributed by atoms with van der Waals surface area (Å²) < 4.78 is 11.0. The monoisotopic (exact) mass is 276 g/mol. The number of rotatable bonds is 6. The minimum atomic E-state index is 0.159. The smallest absolute Gasteiger partial charge is 0.173 e. The highest BCUT2D eigenvalue weighted by molar-refractivity contribution is 5.82. The van der Waals surface area contributed by atoms with Crippen LogP contribution in [-0.2, 0) is 11.2 Å². The molecule has 0 spiro atoms. The number of benzene rings is 1. The Morgan fingerprint density at radius 2 is 1.95 bits per heavy atom. The van der Waals surface area contributed by atoms with Gasteiger partial charge < -0.3 is 9.47 Å². The van der Waals surface area contributed by atoms with E-state index in [4.69, 9.17) is 9.47 Å². The lowest BCUT2D eigenvalue weighted by atomic mass is 9.86. The molecule has 1 saturated carbocycles. The van der Waals surface area contributed by atoms with Crippen molar-refractivity contribution in [1.82, 2.24) is 0 Å². The van der Waals surface area contributed by atoms with E-state index in [2.05, 4.69) is 6.92 Å². The Kier molecular flexibility index (Phi) is 5.45. The fourth-order valence-electron chi connectivity index (χ4n) is 2.74. The SMILES string of the molecule is CCc1ccc(OCC(=O)C2CCCCC2)c(OC)c1. The Morgan fingerprint density at radius 1 is 1.20 bits per heavy atom. The third-order valence-electron chi connectivity index (χ3n) is 4.07. The molecule has 1 aromatic carbocycles. The number of carbonyl (C=O) groups excluding carboxylic acids is 1. The van der Waals surface area contributed by atoms with Crippen LogP contribution < -0.4 is 9.47 Å². The van der Waals surface area contributed by atoms with E-state index >= 15 is 0 Å². The standard InChI is InChI=1S/C17H24O3/c1-3-13-9-10-16(17(11-13)19-2)20-12-15(18)14-7-5-4-6-8-14/h9-11,14H,3-8,12H2,1-2H3. The van der Waals surface area contributed by atoms with Crippen molar-refractivity contribution >= 4 is 5.78 Å². The van der Waals surface area contributed by atoms with Gasteiger partial charge in [-0.15, -0.1) is 0 Å². The molecule has 1 aliphatic rings. The van der Waals surface area contributed by atoms with Gasteiger partial charge in [0.2, 0.25) is 0 Å². The van der Waals surface area contributed by atoms with Gasteiger partial charge in [0, 0.05) is 5.92 Å². The Hall–Kier alpha value is -1.51. The lowest BCUT2D eigenvalue weighted by Gasteiger charge is -2.20. The lowest BCUT2D eigenvalue weighted by molar-refractivity contribution is -0.125. The third kappa shape index (κ3) is 3.75. The number of Topliss-reactive ketones (excluding diaryl/α,β-unsaturated/α-hetero) is 1. The molecule has 1 aromatic rings. The molecule has 0 saturated heterocycles. The summed E-state index contributed by atoms with van der Waals surface area (Å²) in [5, 5.41) is 0. The second-order valence-electron chi connectivity index (χ2n) is 5.43. The van der Waals surface area contributed by atoms with Crippen molar-refractivity contribution in [2.75, 3.05) is 13.7 Å². The first kappa shape index (κ1) is 14.9. The second kappa shape index (κ2) is 7.32. The van der Waals surface area contributed by atoms with Crippen molar-refractivity contribution in [2.45, 2.75) is 45.4 Å². The van der Waals surface area contributed by atoms with Crippen LogP contribution in [0.15, 0.2) is 18.2 Å². The summed E-state index contributed by atoms with van der Waals surface area (Å²) in [7, 11) is 1.63. The summed E-state index contributed by atoms with van der Waals surface area (Å²) in [6.07, 6.45) is 6.60. The van der Waals surface area contributed by atoms with Crippen molar-refractivity contribution in [3.63, 3.8) is 0 Å². The maximum atomic E-state index is 12.1. The molecule has 0 radical (unpaired) electrons. The Balaban J connectivity index is 1.94. The van der Waals surface area contributed by atoms with Crippen molar-refractivity contribution in [2.24, 2.45) is 5.92 Å². The van der Waals surface area contributed by atoms with Crippen molar-refractivity contribution in [3.05, 3.63) is 23.8 Å². The van der Waals surface area contributed by atoms with Gasteiger partial charge >= 0.3 is 0 Å². The summed E-state index contributed by atoms with van der Waals surface area (Å²) in [4.78, 5) is 12.1. The Labute approximate surface area is 121 Å². The van der Waals surface area contributed by atoms with E-state index in [0.717, 1.165) is 19.3 Å². The van der Waals surface area contributed by atoms with Crippen LogP contribution in [0.5, 0.6) is 11.5 Å². The van der Waals surface area contributed by atoms with E-state index in [1.54, 1.807) is 7.11 Å². The maximum Gasteiger partial charge on any atom is 0.173 e. The van der Waals surface area contributed by atoms with Gasteiger partial charge in [-0.05, 0) is 37.0 Å². The summed E-state index contributed by atoms with van der Waals surface area (Å²) >= 11 is 0. The van der Waals surface area contributed by atoms with E-state index in [1.165, 1.54) is 24.8 Å². The van der Waals surface area contributed by atoms with Crippen LogP contribution in [0, 0.1) is 5.92 Å². The van der Waals surface area contributed by atoms with Crippen LogP contribution in [0.1, 0.15) is 44.6 Å². The molecular weight excluding hydrogens is 252 g/mol. The van der Waals surface area contributed by atoms with E-state index < -0.39 is 0 Å². The average Bonchev–Trinajstić information content (AvgIpc) is 2.53. The van der Waals surface area contributed by atoms with Gasteiger partial charge in [-0.25, -0.2) is 0 Å². The van der Waals surface area contributed by atoms with E-state index in [-0.39, 0.29) is 18.3 Å². The lowest BCUT2D eigenvalue weighted by Crippen LogP contribution is -2.23. The van der Waals surface area contributed by atoms with Gasteiger partial charge in [-0.1, -0.05) is 32.3 Å². The van der Waals surface area contributed by atoms with Crippen LogP contribution in [0.2, 0.25) is 0 Å². The summed E-state index contributed by atoms with van der Waals surface area (Å²) in [6.45, 7) is 2.26.